The van der Waals surface area contributed by atoms with E-state index in [-0.39, 0.29) is 28.3 Å². The van der Waals surface area contributed by atoms with Crippen LogP contribution in [0.4, 0.5) is 5.69 Å². The second-order valence-electron chi connectivity index (χ2n) is 7.21. The first-order valence-corrected chi connectivity index (χ1v) is 11.5. The zero-order valence-corrected chi connectivity index (χ0v) is 18.9. The van der Waals surface area contributed by atoms with Crippen LogP contribution in [0.5, 0.6) is 5.88 Å². The smallest absolute Gasteiger partial charge is 0.259 e. The molecule has 1 amide bonds. The first kappa shape index (κ1) is 22.6. The molecule has 3 N–H and O–H groups in total. The fraction of sp³-hybridized carbons (Fsp3) is 0.0800. The average molecular weight is 478 g/mol. The van der Waals surface area contributed by atoms with Gasteiger partial charge in [-0.05, 0) is 35.4 Å². The lowest BCUT2D eigenvalue weighted by Gasteiger charge is -2.18. The van der Waals surface area contributed by atoms with Crippen LogP contribution in [0.1, 0.15) is 22.6 Å². The summed E-state index contributed by atoms with van der Waals surface area (Å²) in [5, 5.41) is 14.2. The summed E-state index contributed by atoms with van der Waals surface area (Å²) >= 11 is 6.88. The van der Waals surface area contributed by atoms with Crippen molar-refractivity contribution in [2.75, 3.05) is 11.1 Å². The maximum absolute atomic E-state index is 13.0. The molecule has 1 heterocycles. The van der Waals surface area contributed by atoms with Crippen LogP contribution < -0.4 is 10.9 Å². The van der Waals surface area contributed by atoms with Gasteiger partial charge in [-0.2, -0.15) is 4.98 Å². The molecule has 33 heavy (non-hydrogen) atoms. The summed E-state index contributed by atoms with van der Waals surface area (Å²) in [6.45, 7) is 0. The molecule has 6 nitrogen and oxygen atoms in total. The molecule has 0 bridgehead atoms. The van der Waals surface area contributed by atoms with E-state index in [0.29, 0.717) is 10.7 Å². The van der Waals surface area contributed by atoms with Crippen LogP contribution in [-0.4, -0.2) is 26.7 Å². The third-order valence-electron chi connectivity index (χ3n) is 4.94. The molecular formula is C25H20ClN3O3S. The zero-order valence-electron chi connectivity index (χ0n) is 17.4. The summed E-state index contributed by atoms with van der Waals surface area (Å²) in [5.41, 5.74) is 2.02. The number of amides is 1. The number of anilines is 1. The van der Waals surface area contributed by atoms with Gasteiger partial charge in [0.15, 0.2) is 5.16 Å². The van der Waals surface area contributed by atoms with Crippen LogP contribution >= 0.6 is 23.4 Å². The fourth-order valence-electron chi connectivity index (χ4n) is 3.46. The molecule has 4 rings (SSSR count). The number of hydrogen-bond donors (Lipinski definition) is 3. The van der Waals surface area contributed by atoms with Gasteiger partial charge in [-0.1, -0.05) is 84.0 Å². The standard InChI is InChI=1S/C25H20ClN3O3S/c26-18-11-13-19(14-12-18)27-20(30)15-33-25-28-23(31)22(24(32)29-25)21(16-7-3-1-4-8-16)17-9-5-2-6-10-17/h1-14,21H,15H2,(H,27,30)(H2,28,29,31,32). The minimum Gasteiger partial charge on any atom is -0.493 e. The molecule has 1 aromatic heterocycles. The molecule has 0 radical (unpaired) electrons. The number of aromatic nitrogens is 2. The van der Waals surface area contributed by atoms with E-state index in [1.807, 2.05) is 60.7 Å². The molecule has 0 spiro atoms. The van der Waals surface area contributed by atoms with E-state index in [4.69, 9.17) is 11.6 Å². The minimum absolute atomic E-state index is 0.00511. The Kier molecular flexibility index (Phi) is 7.12. The molecule has 4 aromatic rings. The Morgan fingerprint density at radius 1 is 0.970 bits per heavy atom. The lowest BCUT2D eigenvalue weighted by molar-refractivity contribution is -0.113. The van der Waals surface area contributed by atoms with Gasteiger partial charge in [-0.25, -0.2) is 0 Å². The number of carbonyl (C=O) groups excluding carboxylic acids is 1. The van der Waals surface area contributed by atoms with E-state index >= 15 is 0 Å². The Bertz CT molecular complexity index is 1260. The normalized spacial score (nSPS) is 10.8. The van der Waals surface area contributed by atoms with Crippen LogP contribution in [0.15, 0.2) is 94.9 Å². The van der Waals surface area contributed by atoms with Crippen molar-refractivity contribution in [3.63, 3.8) is 0 Å². The quantitative estimate of drug-likeness (QED) is 0.256. The molecule has 0 saturated heterocycles. The second-order valence-corrected chi connectivity index (χ2v) is 8.61. The van der Waals surface area contributed by atoms with Gasteiger partial charge in [-0.15, -0.1) is 0 Å². The molecule has 0 atom stereocenters. The number of aromatic amines is 1. The van der Waals surface area contributed by atoms with Crippen molar-refractivity contribution in [2.45, 2.75) is 11.1 Å². The Balaban J connectivity index is 1.56. The van der Waals surface area contributed by atoms with E-state index in [1.54, 1.807) is 24.3 Å². The van der Waals surface area contributed by atoms with Crippen molar-refractivity contribution in [1.29, 1.82) is 0 Å². The van der Waals surface area contributed by atoms with Crippen LogP contribution in [0, 0.1) is 0 Å². The maximum Gasteiger partial charge on any atom is 0.259 e. The molecule has 0 unspecified atom stereocenters. The molecule has 0 saturated carbocycles. The van der Waals surface area contributed by atoms with Crippen LogP contribution in [0.25, 0.3) is 0 Å². The van der Waals surface area contributed by atoms with Crippen molar-refractivity contribution in [3.8, 4) is 5.88 Å². The monoisotopic (exact) mass is 477 g/mol. The Labute approximate surface area is 199 Å². The number of carbonyl (C=O) groups is 1. The minimum atomic E-state index is -0.490. The molecule has 0 aliphatic carbocycles. The number of rotatable bonds is 7. The number of aromatic hydroxyl groups is 1. The average Bonchev–Trinajstić information content (AvgIpc) is 2.82. The maximum atomic E-state index is 13.0. The molecule has 0 fully saturated rings. The van der Waals surface area contributed by atoms with Crippen molar-refractivity contribution in [1.82, 2.24) is 9.97 Å². The number of hydrogen-bond acceptors (Lipinski definition) is 5. The summed E-state index contributed by atoms with van der Waals surface area (Å²) in [6.07, 6.45) is 0. The summed E-state index contributed by atoms with van der Waals surface area (Å²) in [5.74, 6) is -1.13. The summed E-state index contributed by atoms with van der Waals surface area (Å²) in [6, 6.07) is 25.7. The van der Waals surface area contributed by atoms with E-state index < -0.39 is 11.5 Å². The highest BCUT2D eigenvalue weighted by Gasteiger charge is 2.25. The van der Waals surface area contributed by atoms with E-state index in [2.05, 4.69) is 15.3 Å². The molecule has 0 aliphatic heterocycles. The Morgan fingerprint density at radius 3 is 2.09 bits per heavy atom. The van der Waals surface area contributed by atoms with Gasteiger partial charge in [0.05, 0.1) is 11.3 Å². The van der Waals surface area contributed by atoms with Gasteiger partial charge in [0.1, 0.15) is 0 Å². The van der Waals surface area contributed by atoms with Gasteiger partial charge >= 0.3 is 0 Å². The highest BCUT2D eigenvalue weighted by atomic mass is 35.5. The lowest BCUT2D eigenvalue weighted by atomic mass is 9.86. The van der Waals surface area contributed by atoms with Gasteiger partial charge < -0.3 is 15.4 Å². The predicted octanol–water partition coefficient (Wildman–Crippen LogP) is 5.04. The summed E-state index contributed by atoms with van der Waals surface area (Å²) in [4.78, 5) is 32.1. The molecule has 0 aliphatic rings. The highest BCUT2D eigenvalue weighted by molar-refractivity contribution is 7.99. The molecule has 166 valence electrons. The topological polar surface area (TPSA) is 95.1 Å². The lowest BCUT2D eigenvalue weighted by Crippen LogP contribution is -2.21. The number of halogens is 1. The second kappa shape index (κ2) is 10.4. The molecular weight excluding hydrogens is 458 g/mol. The molecule has 3 aromatic carbocycles. The van der Waals surface area contributed by atoms with Crippen molar-refractivity contribution < 1.29 is 9.90 Å². The number of H-pyrrole nitrogens is 1. The predicted molar refractivity (Wildman–Crippen MR) is 131 cm³/mol. The first-order valence-electron chi connectivity index (χ1n) is 10.1. The highest BCUT2D eigenvalue weighted by Crippen LogP contribution is 2.34. The van der Waals surface area contributed by atoms with E-state index in [9.17, 15) is 14.7 Å². The zero-order chi connectivity index (χ0) is 23.2. The van der Waals surface area contributed by atoms with E-state index in [0.717, 1.165) is 22.9 Å². The van der Waals surface area contributed by atoms with Crippen molar-refractivity contribution in [2.24, 2.45) is 0 Å². The fourth-order valence-corrected chi connectivity index (χ4v) is 4.24. The summed E-state index contributed by atoms with van der Waals surface area (Å²) in [7, 11) is 0. The number of thioether (sulfide) groups is 1. The van der Waals surface area contributed by atoms with Gasteiger partial charge in [0.2, 0.25) is 11.8 Å². The van der Waals surface area contributed by atoms with Crippen molar-refractivity contribution in [3.05, 3.63) is 117 Å². The third kappa shape index (κ3) is 5.63. The number of nitrogens with zero attached hydrogens (tertiary/aromatic N) is 1. The number of benzene rings is 3. The van der Waals surface area contributed by atoms with Crippen LogP contribution in [0.2, 0.25) is 5.02 Å². The van der Waals surface area contributed by atoms with Gasteiger partial charge in [0, 0.05) is 16.6 Å². The molecule has 8 heteroatoms. The van der Waals surface area contributed by atoms with E-state index in [1.165, 1.54) is 0 Å². The van der Waals surface area contributed by atoms with Crippen molar-refractivity contribution >= 4 is 35.0 Å². The largest absolute Gasteiger partial charge is 0.493 e. The summed E-state index contributed by atoms with van der Waals surface area (Å²) < 4.78 is 0. The third-order valence-corrected chi connectivity index (χ3v) is 6.06. The van der Waals surface area contributed by atoms with Crippen LogP contribution in [-0.2, 0) is 4.79 Å². The van der Waals surface area contributed by atoms with Gasteiger partial charge in [0.25, 0.3) is 5.56 Å². The Morgan fingerprint density at radius 2 is 1.55 bits per heavy atom. The number of nitrogens with one attached hydrogen (secondary N) is 2. The first-order chi connectivity index (χ1) is 16.0. The SMILES string of the molecule is O=C(CSc1nc(O)c(C(c2ccccc2)c2ccccc2)c(=O)[nH]1)Nc1ccc(Cl)cc1. The van der Waals surface area contributed by atoms with Gasteiger partial charge in [-0.3, -0.25) is 9.59 Å². The van der Waals surface area contributed by atoms with Crippen LogP contribution in [0.3, 0.4) is 0 Å². The Hall–Kier alpha value is -3.55.